The third-order valence-corrected chi connectivity index (χ3v) is 4.49. The molecular weight excluding hydrogens is 274 g/mol. The zero-order valence-corrected chi connectivity index (χ0v) is 12.2. The van der Waals surface area contributed by atoms with E-state index in [4.69, 9.17) is 0 Å². The van der Waals surface area contributed by atoms with E-state index in [1.807, 2.05) is 36.4 Å². The maximum atomic E-state index is 12.2. The van der Waals surface area contributed by atoms with Crippen molar-refractivity contribution in [1.82, 2.24) is 0 Å². The summed E-state index contributed by atoms with van der Waals surface area (Å²) in [6, 6.07) is 11.3. The molecule has 1 amide bonds. The maximum Gasteiger partial charge on any atom is 0.256 e. The predicted molar refractivity (Wildman–Crippen MR) is 87.7 cm³/mol. The van der Waals surface area contributed by atoms with E-state index >= 15 is 0 Å². The van der Waals surface area contributed by atoms with Crippen molar-refractivity contribution < 1.29 is 9.90 Å². The molecule has 1 aliphatic carbocycles. The SMILES string of the molecule is O=C1Nc2ccccc2/C1=C/c1cc(O)cc2c1CCCC2. The summed E-state index contributed by atoms with van der Waals surface area (Å²) in [6.07, 6.45) is 6.26. The van der Waals surface area contributed by atoms with Crippen LogP contribution in [0.4, 0.5) is 5.69 Å². The zero-order valence-electron chi connectivity index (χ0n) is 12.2. The predicted octanol–water partition coefficient (Wildman–Crippen LogP) is 3.76. The zero-order chi connectivity index (χ0) is 15.1. The number of carbonyl (C=O) groups is 1. The molecule has 0 spiro atoms. The molecule has 0 unspecified atom stereocenters. The molecule has 1 heterocycles. The van der Waals surface area contributed by atoms with Crippen LogP contribution in [0.3, 0.4) is 0 Å². The van der Waals surface area contributed by atoms with Gasteiger partial charge in [-0.25, -0.2) is 0 Å². The molecule has 1 aliphatic heterocycles. The number of aryl methyl sites for hydroxylation is 1. The van der Waals surface area contributed by atoms with Gasteiger partial charge < -0.3 is 10.4 Å². The minimum absolute atomic E-state index is 0.0749. The summed E-state index contributed by atoms with van der Waals surface area (Å²) in [5.41, 5.74) is 5.91. The fourth-order valence-electron chi connectivity index (χ4n) is 3.45. The lowest BCUT2D eigenvalue weighted by Gasteiger charge is -2.18. The van der Waals surface area contributed by atoms with Crippen LogP contribution < -0.4 is 5.32 Å². The number of fused-ring (bicyclic) bond motifs is 2. The highest BCUT2D eigenvalue weighted by Crippen LogP contribution is 2.35. The van der Waals surface area contributed by atoms with Crippen LogP contribution in [0.2, 0.25) is 0 Å². The number of para-hydroxylation sites is 1. The number of hydrogen-bond donors (Lipinski definition) is 2. The molecule has 0 aromatic heterocycles. The molecule has 2 aliphatic rings. The summed E-state index contributed by atoms with van der Waals surface area (Å²) in [6.45, 7) is 0. The first-order chi connectivity index (χ1) is 10.7. The number of rotatable bonds is 1. The second-order valence-corrected chi connectivity index (χ2v) is 5.94. The van der Waals surface area contributed by atoms with E-state index in [9.17, 15) is 9.90 Å². The fraction of sp³-hybridized carbons (Fsp3) is 0.211. The number of nitrogens with one attached hydrogen (secondary N) is 1. The molecule has 0 atom stereocenters. The lowest BCUT2D eigenvalue weighted by Crippen LogP contribution is -2.06. The van der Waals surface area contributed by atoms with Crippen LogP contribution in [-0.4, -0.2) is 11.0 Å². The van der Waals surface area contributed by atoms with Gasteiger partial charge in [-0.3, -0.25) is 4.79 Å². The first kappa shape index (κ1) is 13.1. The maximum absolute atomic E-state index is 12.2. The Kier molecular flexibility index (Phi) is 3.00. The Hall–Kier alpha value is -2.55. The Bertz CT molecular complexity index is 805. The third kappa shape index (κ3) is 2.10. The molecule has 2 aromatic rings. The number of hydrogen-bond acceptors (Lipinski definition) is 2. The number of carbonyl (C=O) groups excluding carboxylic acids is 1. The van der Waals surface area contributed by atoms with Crippen LogP contribution in [0.5, 0.6) is 5.75 Å². The number of amides is 1. The number of aromatic hydroxyl groups is 1. The molecule has 3 nitrogen and oxygen atoms in total. The molecule has 3 heteroatoms. The van der Waals surface area contributed by atoms with Crippen LogP contribution in [-0.2, 0) is 17.6 Å². The van der Waals surface area contributed by atoms with Gasteiger partial charge in [0.25, 0.3) is 5.91 Å². The quantitative estimate of drug-likeness (QED) is 0.786. The largest absolute Gasteiger partial charge is 0.508 e. The van der Waals surface area contributed by atoms with E-state index in [-0.39, 0.29) is 11.7 Å². The Morgan fingerprint density at radius 1 is 1.09 bits per heavy atom. The summed E-state index contributed by atoms with van der Waals surface area (Å²) in [5, 5.41) is 12.9. The smallest absolute Gasteiger partial charge is 0.256 e. The van der Waals surface area contributed by atoms with Gasteiger partial charge in [-0.2, -0.15) is 0 Å². The van der Waals surface area contributed by atoms with Gasteiger partial charge in [-0.05, 0) is 66.6 Å². The van der Waals surface area contributed by atoms with Crippen molar-refractivity contribution >= 4 is 23.2 Å². The van der Waals surface area contributed by atoms with Crippen LogP contribution in [0.15, 0.2) is 36.4 Å². The number of phenolic OH excluding ortho intramolecular Hbond substituents is 1. The summed E-state index contributed by atoms with van der Waals surface area (Å²) in [7, 11) is 0. The summed E-state index contributed by atoms with van der Waals surface area (Å²) < 4.78 is 0. The molecule has 4 rings (SSSR count). The van der Waals surface area contributed by atoms with Crippen LogP contribution >= 0.6 is 0 Å². The lowest BCUT2D eigenvalue weighted by molar-refractivity contribution is -0.110. The number of benzene rings is 2. The molecule has 0 radical (unpaired) electrons. The van der Waals surface area contributed by atoms with Gasteiger partial charge in [-0.15, -0.1) is 0 Å². The van der Waals surface area contributed by atoms with Crippen LogP contribution in [0.25, 0.3) is 11.6 Å². The molecule has 0 fully saturated rings. The van der Waals surface area contributed by atoms with Gasteiger partial charge in [-0.1, -0.05) is 18.2 Å². The molecule has 2 N–H and O–H groups in total. The van der Waals surface area contributed by atoms with Gasteiger partial charge in [0.1, 0.15) is 5.75 Å². The normalized spacial score (nSPS) is 18.0. The molecule has 0 bridgehead atoms. The summed E-state index contributed by atoms with van der Waals surface area (Å²) in [5.74, 6) is 0.202. The molecule has 0 saturated carbocycles. The lowest BCUT2D eigenvalue weighted by atomic mass is 9.87. The molecule has 0 saturated heterocycles. The first-order valence-corrected chi connectivity index (χ1v) is 7.69. The molecule has 110 valence electrons. The molecule has 2 aromatic carbocycles. The second-order valence-electron chi connectivity index (χ2n) is 5.94. The highest BCUT2D eigenvalue weighted by molar-refractivity contribution is 6.34. The van der Waals surface area contributed by atoms with Gasteiger partial charge >= 0.3 is 0 Å². The minimum atomic E-state index is -0.0749. The Labute approximate surface area is 129 Å². The average Bonchev–Trinajstić information content (AvgIpc) is 2.83. The highest BCUT2D eigenvalue weighted by atomic mass is 16.3. The van der Waals surface area contributed by atoms with E-state index in [1.54, 1.807) is 6.07 Å². The van der Waals surface area contributed by atoms with Gasteiger partial charge in [0.05, 0.1) is 0 Å². The van der Waals surface area contributed by atoms with Crippen molar-refractivity contribution in [3.63, 3.8) is 0 Å². The minimum Gasteiger partial charge on any atom is -0.508 e. The topological polar surface area (TPSA) is 49.3 Å². The van der Waals surface area contributed by atoms with Crippen molar-refractivity contribution in [2.45, 2.75) is 25.7 Å². The Morgan fingerprint density at radius 3 is 2.82 bits per heavy atom. The highest BCUT2D eigenvalue weighted by Gasteiger charge is 2.24. The fourth-order valence-corrected chi connectivity index (χ4v) is 3.45. The van der Waals surface area contributed by atoms with Crippen molar-refractivity contribution in [1.29, 1.82) is 0 Å². The van der Waals surface area contributed by atoms with Crippen molar-refractivity contribution in [3.05, 3.63) is 58.7 Å². The van der Waals surface area contributed by atoms with E-state index < -0.39 is 0 Å². The van der Waals surface area contributed by atoms with Crippen molar-refractivity contribution in [2.24, 2.45) is 0 Å². The van der Waals surface area contributed by atoms with Gasteiger partial charge in [0.15, 0.2) is 0 Å². The van der Waals surface area contributed by atoms with E-state index in [0.717, 1.165) is 42.5 Å². The van der Waals surface area contributed by atoms with E-state index in [2.05, 4.69) is 5.32 Å². The molecular formula is C19H17NO2. The number of anilines is 1. The average molecular weight is 291 g/mol. The Balaban J connectivity index is 1.87. The van der Waals surface area contributed by atoms with Gasteiger partial charge in [0, 0.05) is 16.8 Å². The monoisotopic (exact) mass is 291 g/mol. The summed E-state index contributed by atoms with van der Waals surface area (Å²) in [4.78, 5) is 12.2. The van der Waals surface area contributed by atoms with Crippen molar-refractivity contribution in [2.75, 3.05) is 5.32 Å². The standard InChI is InChI=1S/C19H17NO2/c21-14-9-12-5-1-2-6-15(12)13(10-14)11-17-16-7-3-4-8-18(16)20-19(17)22/h3-4,7-11,21H,1-2,5-6H2,(H,20,22)/b17-11-. The molecule has 22 heavy (non-hydrogen) atoms. The number of phenols is 1. The second kappa shape index (κ2) is 5.02. The van der Waals surface area contributed by atoms with Gasteiger partial charge in [0.2, 0.25) is 0 Å². The van der Waals surface area contributed by atoms with Crippen molar-refractivity contribution in [3.8, 4) is 5.75 Å². The first-order valence-electron chi connectivity index (χ1n) is 7.69. The van der Waals surface area contributed by atoms with Crippen LogP contribution in [0, 0.1) is 0 Å². The van der Waals surface area contributed by atoms with E-state index in [1.165, 1.54) is 11.1 Å². The van der Waals surface area contributed by atoms with Crippen LogP contribution in [0.1, 0.15) is 35.1 Å². The Morgan fingerprint density at radius 2 is 1.91 bits per heavy atom. The summed E-state index contributed by atoms with van der Waals surface area (Å²) >= 11 is 0. The van der Waals surface area contributed by atoms with E-state index in [0.29, 0.717) is 5.57 Å². The third-order valence-electron chi connectivity index (χ3n) is 4.49.